The van der Waals surface area contributed by atoms with E-state index in [0.717, 1.165) is 11.1 Å². The molecule has 7 heteroatoms. The van der Waals surface area contributed by atoms with Gasteiger partial charge in [-0.2, -0.15) is 0 Å². The van der Waals surface area contributed by atoms with Crippen molar-refractivity contribution in [3.63, 3.8) is 0 Å². The molecule has 1 aromatic heterocycles. The second-order valence-corrected chi connectivity index (χ2v) is 7.35. The SMILES string of the molecule is Cc1ccc(-c2cc(C(=O)NC(C(=O)NCCN(C)C)c3ccccc3)no2)cc1. The van der Waals surface area contributed by atoms with E-state index in [0.29, 0.717) is 24.4 Å². The fraction of sp³-hybridized carbons (Fsp3) is 0.261. The summed E-state index contributed by atoms with van der Waals surface area (Å²) in [4.78, 5) is 27.5. The van der Waals surface area contributed by atoms with Gasteiger partial charge in [0.2, 0.25) is 5.91 Å². The third kappa shape index (κ3) is 5.55. The molecule has 0 aliphatic carbocycles. The Hall–Kier alpha value is -3.45. The number of aromatic nitrogens is 1. The molecule has 0 aliphatic heterocycles. The van der Waals surface area contributed by atoms with Gasteiger partial charge in [-0.1, -0.05) is 65.3 Å². The molecule has 156 valence electrons. The normalized spacial score (nSPS) is 11.9. The number of nitrogens with zero attached hydrogens (tertiary/aromatic N) is 2. The number of benzene rings is 2. The third-order valence-electron chi connectivity index (χ3n) is 4.61. The van der Waals surface area contributed by atoms with Crippen molar-refractivity contribution in [2.75, 3.05) is 27.2 Å². The topological polar surface area (TPSA) is 87.5 Å². The van der Waals surface area contributed by atoms with Gasteiger partial charge >= 0.3 is 0 Å². The van der Waals surface area contributed by atoms with Gasteiger partial charge in [-0.15, -0.1) is 0 Å². The summed E-state index contributed by atoms with van der Waals surface area (Å²) in [6.45, 7) is 3.17. The highest BCUT2D eigenvalue weighted by molar-refractivity contribution is 5.97. The van der Waals surface area contributed by atoms with Crippen LogP contribution in [0.25, 0.3) is 11.3 Å². The summed E-state index contributed by atoms with van der Waals surface area (Å²) < 4.78 is 5.33. The number of nitrogens with one attached hydrogen (secondary N) is 2. The molecule has 2 amide bonds. The van der Waals surface area contributed by atoms with E-state index in [1.807, 2.05) is 68.4 Å². The lowest BCUT2D eigenvalue weighted by Gasteiger charge is -2.19. The first-order valence-electron chi connectivity index (χ1n) is 9.76. The van der Waals surface area contributed by atoms with E-state index in [-0.39, 0.29) is 11.6 Å². The molecule has 7 nitrogen and oxygen atoms in total. The van der Waals surface area contributed by atoms with Gasteiger partial charge in [-0.25, -0.2) is 0 Å². The van der Waals surface area contributed by atoms with E-state index in [1.165, 1.54) is 0 Å². The van der Waals surface area contributed by atoms with Gasteiger partial charge < -0.3 is 20.1 Å². The van der Waals surface area contributed by atoms with Crippen LogP contribution < -0.4 is 10.6 Å². The van der Waals surface area contributed by atoms with Crippen molar-refractivity contribution in [2.24, 2.45) is 0 Å². The Morgan fingerprint density at radius 2 is 1.77 bits per heavy atom. The number of amides is 2. The van der Waals surface area contributed by atoms with Crippen molar-refractivity contribution < 1.29 is 14.1 Å². The van der Waals surface area contributed by atoms with E-state index in [9.17, 15) is 9.59 Å². The highest BCUT2D eigenvalue weighted by Gasteiger charge is 2.24. The molecule has 1 unspecified atom stereocenters. The van der Waals surface area contributed by atoms with Crippen LogP contribution in [0, 0.1) is 6.92 Å². The average Bonchev–Trinajstić information content (AvgIpc) is 3.23. The Labute approximate surface area is 176 Å². The number of likely N-dealkylation sites (N-methyl/N-ethyl adjacent to an activating group) is 1. The first-order chi connectivity index (χ1) is 14.4. The number of rotatable bonds is 8. The molecule has 0 fully saturated rings. The molecule has 3 rings (SSSR count). The van der Waals surface area contributed by atoms with Crippen LogP contribution in [0.1, 0.15) is 27.7 Å². The molecule has 2 N–H and O–H groups in total. The maximum Gasteiger partial charge on any atom is 0.274 e. The van der Waals surface area contributed by atoms with Gasteiger partial charge in [0, 0.05) is 24.7 Å². The van der Waals surface area contributed by atoms with Gasteiger partial charge in [0.25, 0.3) is 5.91 Å². The predicted octanol–water partition coefficient (Wildman–Crippen LogP) is 2.80. The molecule has 0 saturated heterocycles. The van der Waals surface area contributed by atoms with E-state index >= 15 is 0 Å². The minimum Gasteiger partial charge on any atom is -0.355 e. The Morgan fingerprint density at radius 1 is 1.07 bits per heavy atom. The first kappa shape index (κ1) is 21.3. The van der Waals surface area contributed by atoms with Crippen LogP contribution in [0.15, 0.2) is 65.2 Å². The number of hydrogen-bond acceptors (Lipinski definition) is 5. The second-order valence-electron chi connectivity index (χ2n) is 7.35. The van der Waals surface area contributed by atoms with Crippen LogP contribution >= 0.6 is 0 Å². The first-order valence-corrected chi connectivity index (χ1v) is 9.76. The van der Waals surface area contributed by atoms with E-state index in [4.69, 9.17) is 4.52 Å². The smallest absolute Gasteiger partial charge is 0.274 e. The lowest BCUT2D eigenvalue weighted by Crippen LogP contribution is -2.42. The summed E-state index contributed by atoms with van der Waals surface area (Å²) in [6, 6.07) is 17.6. The van der Waals surface area contributed by atoms with Crippen molar-refractivity contribution in [3.8, 4) is 11.3 Å². The van der Waals surface area contributed by atoms with E-state index in [2.05, 4.69) is 15.8 Å². The zero-order chi connectivity index (χ0) is 21.5. The molecule has 0 spiro atoms. The minimum absolute atomic E-state index is 0.118. The summed E-state index contributed by atoms with van der Waals surface area (Å²) in [5, 5.41) is 9.52. The average molecular weight is 406 g/mol. The Balaban J connectivity index is 1.74. The van der Waals surface area contributed by atoms with Crippen LogP contribution in [0.4, 0.5) is 0 Å². The molecule has 3 aromatic rings. The van der Waals surface area contributed by atoms with Crippen LogP contribution in [-0.2, 0) is 4.79 Å². The highest BCUT2D eigenvalue weighted by atomic mass is 16.5. The number of carbonyl (C=O) groups is 2. The zero-order valence-electron chi connectivity index (χ0n) is 17.4. The van der Waals surface area contributed by atoms with Crippen LogP contribution in [-0.4, -0.2) is 49.1 Å². The summed E-state index contributed by atoms with van der Waals surface area (Å²) in [5.74, 6) is -0.265. The number of hydrogen-bond donors (Lipinski definition) is 2. The van der Waals surface area contributed by atoms with Gasteiger partial charge in [0.1, 0.15) is 6.04 Å². The fourth-order valence-electron chi connectivity index (χ4n) is 2.89. The summed E-state index contributed by atoms with van der Waals surface area (Å²) in [7, 11) is 3.86. The molecule has 0 aliphatic rings. The van der Waals surface area contributed by atoms with Gasteiger partial charge in [0.15, 0.2) is 11.5 Å². The van der Waals surface area contributed by atoms with Gasteiger partial charge in [0.05, 0.1) is 0 Å². The van der Waals surface area contributed by atoms with Crippen LogP contribution in [0.2, 0.25) is 0 Å². The fourth-order valence-corrected chi connectivity index (χ4v) is 2.89. The summed E-state index contributed by atoms with van der Waals surface area (Å²) in [6.07, 6.45) is 0. The van der Waals surface area contributed by atoms with Crippen LogP contribution in [0.5, 0.6) is 0 Å². The third-order valence-corrected chi connectivity index (χ3v) is 4.61. The monoisotopic (exact) mass is 406 g/mol. The molecule has 0 bridgehead atoms. The Bertz CT molecular complexity index is 981. The van der Waals surface area contributed by atoms with Crippen molar-refractivity contribution in [1.29, 1.82) is 0 Å². The van der Waals surface area contributed by atoms with E-state index < -0.39 is 11.9 Å². The maximum absolute atomic E-state index is 12.8. The molecular formula is C23H26N4O3. The molecular weight excluding hydrogens is 380 g/mol. The van der Waals surface area contributed by atoms with Crippen molar-refractivity contribution in [2.45, 2.75) is 13.0 Å². The predicted molar refractivity (Wildman–Crippen MR) is 115 cm³/mol. The van der Waals surface area contributed by atoms with Crippen molar-refractivity contribution >= 4 is 11.8 Å². The maximum atomic E-state index is 12.8. The lowest BCUT2D eigenvalue weighted by molar-refractivity contribution is -0.123. The molecule has 1 heterocycles. The molecule has 30 heavy (non-hydrogen) atoms. The second kappa shape index (κ2) is 9.84. The largest absolute Gasteiger partial charge is 0.355 e. The van der Waals surface area contributed by atoms with Crippen molar-refractivity contribution in [3.05, 3.63) is 77.5 Å². The number of aryl methyl sites for hydroxylation is 1. The summed E-state index contributed by atoms with van der Waals surface area (Å²) in [5.41, 5.74) is 2.76. The van der Waals surface area contributed by atoms with Gasteiger partial charge in [-0.05, 0) is 26.6 Å². The number of carbonyl (C=O) groups excluding carboxylic acids is 2. The standard InChI is InChI=1S/C23H26N4O3/c1-16-9-11-17(12-10-16)20-15-19(26-30-20)22(28)25-21(18-7-5-4-6-8-18)23(29)24-13-14-27(2)3/h4-12,15,21H,13-14H2,1-3H3,(H,24,29)(H,25,28). The molecule has 0 radical (unpaired) electrons. The van der Waals surface area contributed by atoms with Gasteiger partial charge in [-0.3, -0.25) is 9.59 Å². The van der Waals surface area contributed by atoms with Crippen LogP contribution in [0.3, 0.4) is 0 Å². The molecule has 2 aromatic carbocycles. The molecule has 1 atom stereocenters. The summed E-state index contributed by atoms with van der Waals surface area (Å²) >= 11 is 0. The zero-order valence-corrected chi connectivity index (χ0v) is 17.4. The Kier molecular flexibility index (Phi) is 6.98. The molecule has 0 saturated carbocycles. The van der Waals surface area contributed by atoms with E-state index in [1.54, 1.807) is 18.2 Å². The minimum atomic E-state index is -0.833. The lowest BCUT2D eigenvalue weighted by atomic mass is 10.1. The van der Waals surface area contributed by atoms with Crippen molar-refractivity contribution in [1.82, 2.24) is 20.7 Å². The highest BCUT2D eigenvalue weighted by Crippen LogP contribution is 2.21. The quantitative estimate of drug-likeness (QED) is 0.601. The Morgan fingerprint density at radius 3 is 2.43 bits per heavy atom.